The summed E-state index contributed by atoms with van der Waals surface area (Å²) in [6.45, 7) is 1.63. The third-order valence-electron chi connectivity index (χ3n) is 3.67. The monoisotopic (exact) mass is 353 g/mol. The van der Waals surface area contributed by atoms with Gasteiger partial charge < -0.3 is 25.0 Å². The van der Waals surface area contributed by atoms with Crippen LogP contribution in [0.25, 0.3) is 0 Å². The number of rotatable bonds is 8. The van der Waals surface area contributed by atoms with Crippen molar-refractivity contribution in [3.63, 3.8) is 0 Å². The normalized spacial score (nSPS) is 10.1. The van der Waals surface area contributed by atoms with E-state index in [4.69, 9.17) is 9.47 Å². The lowest BCUT2D eigenvalue weighted by molar-refractivity contribution is 0.373. The van der Waals surface area contributed by atoms with Gasteiger partial charge in [0.2, 0.25) is 0 Å². The van der Waals surface area contributed by atoms with Crippen molar-refractivity contribution in [2.24, 2.45) is 0 Å². The summed E-state index contributed by atoms with van der Waals surface area (Å²) in [5, 5.41) is 22.8. The maximum Gasteiger partial charge on any atom is 0.160 e. The van der Waals surface area contributed by atoms with Gasteiger partial charge in [-0.25, -0.2) is 0 Å². The predicted octanol–water partition coefficient (Wildman–Crippen LogP) is 2.91. The lowest BCUT2D eigenvalue weighted by Crippen LogP contribution is -2.20. The van der Waals surface area contributed by atoms with Crippen LogP contribution in [0.2, 0.25) is 0 Å². The Labute approximate surface area is 148 Å². The number of ether oxygens (including phenoxy) is 2. The van der Waals surface area contributed by atoms with Crippen molar-refractivity contribution in [2.45, 2.75) is 12.8 Å². The molecule has 0 saturated heterocycles. The van der Waals surface area contributed by atoms with Crippen molar-refractivity contribution >= 4 is 12.4 Å². The highest BCUT2D eigenvalue weighted by molar-refractivity contribution is 5.85. The lowest BCUT2D eigenvalue weighted by atomic mass is 10.1. The van der Waals surface area contributed by atoms with Crippen molar-refractivity contribution in [1.82, 2.24) is 5.32 Å². The van der Waals surface area contributed by atoms with Crippen LogP contribution in [-0.4, -0.2) is 37.5 Å². The zero-order valence-electron chi connectivity index (χ0n) is 13.9. The smallest absolute Gasteiger partial charge is 0.160 e. The van der Waals surface area contributed by atoms with Crippen molar-refractivity contribution in [1.29, 1.82) is 0 Å². The Morgan fingerprint density at radius 1 is 0.792 bits per heavy atom. The van der Waals surface area contributed by atoms with Crippen LogP contribution < -0.4 is 14.8 Å². The molecule has 0 saturated carbocycles. The topological polar surface area (TPSA) is 71.0 Å². The van der Waals surface area contributed by atoms with Gasteiger partial charge in [0.25, 0.3) is 0 Å². The second-order valence-electron chi connectivity index (χ2n) is 5.26. The average Bonchev–Trinajstić information content (AvgIpc) is 2.55. The molecule has 0 amide bonds. The highest BCUT2D eigenvalue weighted by atomic mass is 35.5. The fourth-order valence-electron chi connectivity index (χ4n) is 2.37. The van der Waals surface area contributed by atoms with Gasteiger partial charge in [0.05, 0.1) is 14.2 Å². The Bertz CT molecular complexity index is 593. The fourth-order valence-corrected chi connectivity index (χ4v) is 2.37. The standard InChI is InChI=1S/C18H23NO4.ClH/c1-22-17-5-3-13(11-15(17)20)7-9-19-10-8-14-4-6-18(23-2)16(21)12-14;/h3-6,11-12,19-21H,7-10H2,1-2H3;1H. The van der Waals surface area contributed by atoms with Crippen LogP contribution in [0.1, 0.15) is 11.1 Å². The number of aromatic hydroxyl groups is 2. The molecule has 0 fully saturated rings. The molecule has 5 nitrogen and oxygen atoms in total. The molecule has 24 heavy (non-hydrogen) atoms. The van der Waals surface area contributed by atoms with Crippen LogP contribution in [0.3, 0.4) is 0 Å². The van der Waals surface area contributed by atoms with E-state index in [0.717, 1.165) is 37.1 Å². The van der Waals surface area contributed by atoms with Crippen molar-refractivity contribution in [3.8, 4) is 23.0 Å². The van der Waals surface area contributed by atoms with Crippen molar-refractivity contribution in [3.05, 3.63) is 47.5 Å². The first-order valence-corrected chi connectivity index (χ1v) is 7.56. The Morgan fingerprint density at radius 3 is 1.54 bits per heavy atom. The summed E-state index contributed by atoms with van der Waals surface area (Å²) in [7, 11) is 3.07. The molecule has 132 valence electrons. The zero-order valence-corrected chi connectivity index (χ0v) is 14.7. The van der Waals surface area contributed by atoms with Gasteiger partial charge in [-0.3, -0.25) is 0 Å². The number of hydrogen-bond donors (Lipinski definition) is 3. The molecule has 0 atom stereocenters. The minimum Gasteiger partial charge on any atom is -0.504 e. The average molecular weight is 354 g/mol. The van der Waals surface area contributed by atoms with E-state index in [2.05, 4.69) is 5.32 Å². The van der Waals surface area contributed by atoms with Gasteiger partial charge >= 0.3 is 0 Å². The van der Waals surface area contributed by atoms with E-state index >= 15 is 0 Å². The first kappa shape index (κ1) is 19.9. The van der Waals surface area contributed by atoms with E-state index < -0.39 is 0 Å². The molecule has 0 heterocycles. The van der Waals surface area contributed by atoms with Crippen molar-refractivity contribution < 1.29 is 19.7 Å². The summed E-state index contributed by atoms with van der Waals surface area (Å²) in [6, 6.07) is 10.9. The van der Waals surface area contributed by atoms with E-state index in [1.807, 2.05) is 12.1 Å². The van der Waals surface area contributed by atoms with Gasteiger partial charge in [-0.1, -0.05) is 12.1 Å². The maximum absolute atomic E-state index is 9.73. The van der Waals surface area contributed by atoms with Crippen LogP contribution in [0.15, 0.2) is 36.4 Å². The highest BCUT2D eigenvalue weighted by Gasteiger charge is 2.03. The summed E-state index contributed by atoms with van der Waals surface area (Å²) >= 11 is 0. The van der Waals surface area contributed by atoms with Crippen LogP contribution >= 0.6 is 12.4 Å². The summed E-state index contributed by atoms with van der Waals surface area (Å²) in [4.78, 5) is 0. The second kappa shape index (κ2) is 9.90. The SMILES string of the molecule is COc1ccc(CCNCCc2ccc(OC)c(O)c2)cc1O.Cl. The fraction of sp³-hybridized carbons (Fsp3) is 0.333. The Kier molecular flexibility index (Phi) is 8.22. The molecule has 0 radical (unpaired) electrons. The number of nitrogens with one attached hydrogen (secondary N) is 1. The molecule has 0 bridgehead atoms. The van der Waals surface area contributed by atoms with Gasteiger partial charge in [-0.05, 0) is 61.3 Å². The summed E-state index contributed by atoms with van der Waals surface area (Å²) in [5.74, 6) is 1.31. The molecule has 0 aliphatic heterocycles. The summed E-state index contributed by atoms with van der Waals surface area (Å²) in [5.41, 5.74) is 2.11. The Hall–Kier alpha value is -2.11. The van der Waals surface area contributed by atoms with E-state index in [1.54, 1.807) is 24.3 Å². The molecule has 0 aromatic heterocycles. The number of halogens is 1. The lowest BCUT2D eigenvalue weighted by Gasteiger charge is -2.09. The molecule has 0 spiro atoms. The first-order valence-electron chi connectivity index (χ1n) is 7.56. The summed E-state index contributed by atoms with van der Waals surface area (Å²) < 4.78 is 10.0. The number of phenolic OH excluding ortho intramolecular Hbond substituents is 2. The maximum atomic E-state index is 9.73. The predicted molar refractivity (Wildman–Crippen MR) is 96.8 cm³/mol. The molecular weight excluding hydrogens is 330 g/mol. The van der Waals surface area contributed by atoms with Crippen LogP contribution in [0.5, 0.6) is 23.0 Å². The van der Waals surface area contributed by atoms with Gasteiger partial charge in [0.15, 0.2) is 23.0 Å². The Balaban J connectivity index is 0.00000288. The molecular formula is C18H24ClNO4. The first-order chi connectivity index (χ1) is 11.1. The highest BCUT2D eigenvalue weighted by Crippen LogP contribution is 2.27. The Morgan fingerprint density at radius 2 is 1.21 bits per heavy atom. The molecule has 0 unspecified atom stereocenters. The second-order valence-corrected chi connectivity index (χ2v) is 5.26. The zero-order chi connectivity index (χ0) is 16.7. The number of hydrogen-bond acceptors (Lipinski definition) is 5. The van der Waals surface area contributed by atoms with Gasteiger partial charge in [-0.15, -0.1) is 12.4 Å². The molecule has 2 aromatic carbocycles. The third-order valence-corrected chi connectivity index (χ3v) is 3.67. The number of phenols is 2. The van der Waals surface area contributed by atoms with Crippen molar-refractivity contribution in [2.75, 3.05) is 27.3 Å². The van der Waals surface area contributed by atoms with E-state index in [1.165, 1.54) is 14.2 Å². The number of methoxy groups -OCH3 is 2. The quantitative estimate of drug-likeness (QED) is 0.636. The van der Waals surface area contributed by atoms with E-state index in [9.17, 15) is 10.2 Å². The minimum absolute atomic E-state index is 0. The number of benzene rings is 2. The van der Waals surface area contributed by atoms with Crippen LogP contribution in [0.4, 0.5) is 0 Å². The molecule has 3 N–H and O–H groups in total. The van der Waals surface area contributed by atoms with Crippen LogP contribution in [-0.2, 0) is 12.8 Å². The molecule has 6 heteroatoms. The van der Waals surface area contributed by atoms with E-state index in [0.29, 0.717) is 11.5 Å². The molecule has 2 rings (SSSR count). The largest absolute Gasteiger partial charge is 0.504 e. The molecule has 2 aromatic rings. The van der Waals surface area contributed by atoms with Gasteiger partial charge in [0, 0.05) is 0 Å². The van der Waals surface area contributed by atoms with E-state index in [-0.39, 0.29) is 23.9 Å². The molecule has 0 aliphatic rings. The van der Waals surface area contributed by atoms with Gasteiger partial charge in [-0.2, -0.15) is 0 Å². The minimum atomic E-state index is 0. The molecule has 0 aliphatic carbocycles. The summed E-state index contributed by atoms with van der Waals surface area (Å²) in [6.07, 6.45) is 1.65. The third kappa shape index (κ3) is 5.51. The van der Waals surface area contributed by atoms with Crippen LogP contribution in [0, 0.1) is 0 Å². The van der Waals surface area contributed by atoms with Gasteiger partial charge in [0.1, 0.15) is 0 Å².